The van der Waals surface area contributed by atoms with Gasteiger partial charge in [-0.1, -0.05) is 11.6 Å². The van der Waals surface area contributed by atoms with Gasteiger partial charge in [0, 0.05) is 54.8 Å². The van der Waals surface area contributed by atoms with Crippen LogP contribution in [0.2, 0.25) is 5.02 Å². The molecule has 8 nitrogen and oxygen atoms in total. The summed E-state index contributed by atoms with van der Waals surface area (Å²) in [4.78, 5) is 34.8. The summed E-state index contributed by atoms with van der Waals surface area (Å²) in [6.45, 7) is 4.24. The first-order valence-electron chi connectivity index (χ1n) is 10.1. The molecule has 1 fully saturated rings. The number of carbonyl (C=O) groups excluding carboxylic acids is 1. The first kappa shape index (κ1) is 24.2. The second-order valence-corrected chi connectivity index (χ2v) is 7.61. The van der Waals surface area contributed by atoms with Crippen LogP contribution in [0.4, 0.5) is 4.39 Å². The van der Waals surface area contributed by atoms with Gasteiger partial charge in [0.15, 0.2) is 6.10 Å². The van der Waals surface area contributed by atoms with Crippen LogP contribution >= 0.6 is 11.6 Å². The molecular formula is C23H22ClFN2O6. The third kappa shape index (κ3) is 5.88. The van der Waals surface area contributed by atoms with Gasteiger partial charge in [-0.05, 0) is 37.3 Å². The van der Waals surface area contributed by atoms with E-state index in [1.807, 2.05) is 0 Å². The Labute approximate surface area is 193 Å². The number of ether oxygens (including phenoxy) is 1. The van der Waals surface area contributed by atoms with Crippen LogP contribution in [0.5, 0.6) is 5.75 Å². The summed E-state index contributed by atoms with van der Waals surface area (Å²) in [5, 5.41) is 10.9. The van der Waals surface area contributed by atoms with Gasteiger partial charge in [0.05, 0.1) is 5.02 Å². The van der Waals surface area contributed by atoms with Gasteiger partial charge >= 0.3 is 5.63 Å². The van der Waals surface area contributed by atoms with Crippen LogP contribution < -0.4 is 15.7 Å². The zero-order valence-electron chi connectivity index (χ0n) is 17.7. The number of amides is 1. The lowest BCUT2D eigenvalue weighted by Gasteiger charge is -2.29. The number of nitrogens with zero attached hydrogens (tertiary/aromatic N) is 1. The lowest BCUT2D eigenvalue weighted by molar-refractivity contribution is -0.138. The van der Waals surface area contributed by atoms with Crippen LogP contribution in [0.15, 0.2) is 51.7 Å². The molecule has 1 saturated heterocycles. The van der Waals surface area contributed by atoms with Crippen molar-refractivity contribution >= 4 is 34.9 Å². The maximum absolute atomic E-state index is 13.4. The van der Waals surface area contributed by atoms with E-state index in [9.17, 15) is 14.0 Å². The molecule has 1 amide bonds. The average molecular weight is 477 g/mol. The molecule has 3 aromatic rings. The maximum Gasteiger partial charge on any atom is 0.336 e. The minimum absolute atomic E-state index is 0.0927. The van der Waals surface area contributed by atoms with Gasteiger partial charge in [-0.25, -0.2) is 9.18 Å². The van der Waals surface area contributed by atoms with E-state index in [0.717, 1.165) is 13.1 Å². The van der Waals surface area contributed by atoms with E-state index in [-0.39, 0.29) is 23.0 Å². The number of carbonyl (C=O) groups is 2. The highest BCUT2D eigenvalue weighted by molar-refractivity contribution is 6.33. The molecule has 2 N–H and O–H groups in total. The fourth-order valence-corrected chi connectivity index (χ4v) is 3.81. The number of benzene rings is 2. The Morgan fingerprint density at radius 1 is 1.21 bits per heavy atom. The number of halogens is 2. The van der Waals surface area contributed by atoms with E-state index < -0.39 is 17.5 Å². The fraction of sp³-hybridized carbons (Fsp3) is 0.261. The van der Waals surface area contributed by atoms with E-state index in [4.69, 9.17) is 30.7 Å². The zero-order chi connectivity index (χ0) is 24.0. The average Bonchev–Trinajstić information content (AvgIpc) is 2.79. The van der Waals surface area contributed by atoms with Crippen LogP contribution in [-0.2, 0) is 9.59 Å². The van der Waals surface area contributed by atoms with E-state index in [1.165, 1.54) is 24.3 Å². The SMILES string of the molecule is CC(Oc1ccc2c(-c3ccc(F)cc3Cl)cc(=O)oc2c1)C(=O)N1CCNCC1.O=CO. The quantitative estimate of drug-likeness (QED) is 0.439. The summed E-state index contributed by atoms with van der Waals surface area (Å²) in [6, 6.07) is 10.3. The van der Waals surface area contributed by atoms with Crippen LogP contribution in [0, 0.1) is 5.82 Å². The lowest BCUT2D eigenvalue weighted by atomic mass is 10.0. The molecule has 10 heteroatoms. The number of fused-ring (bicyclic) bond motifs is 1. The van der Waals surface area contributed by atoms with Crippen molar-refractivity contribution in [1.82, 2.24) is 10.2 Å². The molecule has 33 heavy (non-hydrogen) atoms. The highest BCUT2D eigenvalue weighted by Gasteiger charge is 2.23. The third-order valence-corrected chi connectivity index (χ3v) is 5.34. The number of carboxylic acid groups (broad SMARTS) is 1. The summed E-state index contributed by atoms with van der Waals surface area (Å²) < 4.78 is 24.6. The summed E-state index contributed by atoms with van der Waals surface area (Å²) in [5.74, 6) is -0.149. The molecule has 4 rings (SSSR count). The van der Waals surface area contributed by atoms with Crippen molar-refractivity contribution in [3.63, 3.8) is 0 Å². The zero-order valence-corrected chi connectivity index (χ0v) is 18.5. The van der Waals surface area contributed by atoms with Crippen molar-refractivity contribution in [2.75, 3.05) is 26.2 Å². The Morgan fingerprint density at radius 2 is 1.91 bits per heavy atom. The Hall–Kier alpha value is -3.43. The molecule has 2 aromatic carbocycles. The van der Waals surface area contributed by atoms with Gasteiger partial charge in [0.2, 0.25) is 0 Å². The van der Waals surface area contributed by atoms with Gasteiger partial charge in [-0.2, -0.15) is 0 Å². The highest BCUT2D eigenvalue weighted by Crippen LogP contribution is 2.34. The van der Waals surface area contributed by atoms with Gasteiger partial charge in [-0.3, -0.25) is 9.59 Å². The second kappa shape index (κ2) is 10.9. The van der Waals surface area contributed by atoms with Crippen molar-refractivity contribution in [3.05, 3.63) is 63.7 Å². The summed E-state index contributed by atoms with van der Waals surface area (Å²) in [5.41, 5.74) is 0.770. The van der Waals surface area contributed by atoms with Gasteiger partial charge in [0.1, 0.15) is 17.1 Å². The molecule has 2 heterocycles. The summed E-state index contributed by atoms with van der Waals surface area (Å²) in [6.07, 6.45) is -0.679. The van der Waals surface area contributed by atoms with Crippen LogP contribution in [0.3, 0.4) is 0 Å². The molecule has 0 radical (unpaired) electrons. The van der Waals surface area contributed by atoms with Crippen molar-refractivity contribution in [1.29, 1.82) is 0 Å². The minimum atomic E-state index is -0.679. The van der Waals surface area contributed by atoms with Crippen molar-refractivity contribution < 1.29 is 28.2 Å². The molecule has 1 aliphatic rings. The molecule has 0 aliphatic carbocycles. The monoisotopic (exact) mass is 476 g/mol. The molecular weight excluding hydrogens is 455 g/mol. The smallest absolute Gasteiger partial charge is 0.336 e. The van der Waals surface area contributed by atoms with E-state index in [1.54, 1.807) is 30.0 Å². The number of hydrogen-bond acceptors (Lipinski definition) is 6. The normalized spacial score (nSPS) is 14.2. The summed E-state index contributed by atoms with van der Waals surface area (Å²) in [7, 11) is 0. The number of hydrogen-bond donors (Lipinski definition) is 2. The van der Waals surface area contributed by atoms with Gasteiger partial charge in [0.25, 0.3) is 12.4 Å². The van der Waals surface area contributed by atoms with Gasteiger partial charge in [-0.15, -0.1) is 0 Å². The number of piperazine rings is 1. The first-order chi connectivity index (χ1) is 15.8. The van der Waals surface area contributed by atoms with E-state index in [2.05, 4.69) is 5.32 Å². The molecule has 174 valence electrons. The van der Waals surface area contributed by atoms with Crippen molar-refractivity contribution in [2.24, 2.45) is 0 Å². The third-order valence-electron chi connectivity index (χ3n) is 5.03. The molecule has 0 saturated carbocycles. The first-order valence-corrected chi connectivity index (χ1v) is 10.5. The Kier molecular flexibility index (Phi) is 8.02. The lowest BCUT2D eigenvalue weighted by Crippen LogP contribution is -2.50. The standard InChI is InChI=1S/C22H20ClFN2O4.CH2O2/c1-13(22(28)26-8-6-25-7-9-26)29-15-3-5-17-18(12-21(27)30-20(17)11-15)16-4-2-14(24)10-19(16)23;2-1-3/h2-5,10-13,25H,6-9H2,1H3;1H,(H,2,3). The molecule has 1 atom stereocenters. The molecule has 1 aliphatic heterocycles. The Morgan fingerprint density at radius 3 is 2.58 bits per heavy atom. The molecule has 0 spiro atoms. The van der Waals surface area contributed by atoms with Crippen LogP contribution in [0.1, 0.15) is 6.92 Å². The topological polar surface area (TPSA) is 109 Å². The predicted molar refractivity (Wildman–Crippen MR) is 121 cm³/mol. The predicted octanol–water partition coefficient (Wildman–Crippen LogP) is 3.15. The molecule has 1 aromatic heterocycles. The minimum Gasteiger partial charge on any atom is -0.483 e. The maximum atomic E-state index is 13.4. The fourth-order valence-electron chi connectivity index (χ4n) is 3.54. The Balaban J connectivity index is 0.000000968. The van der Waals surface area contributed by atoms with E-state index >= 15 is 0 Å². The van der Waals surface area contributed by atoms with Crippen molar-refractivity contribution in [3.8, 4) is 16.9 Å². The summed E-state index contributed by atoms with van der Waals surface area (Å²) >= 11 is 6.18. The highest BCUT2D eigenvalue weighted by atomic mass is 35.5. The molecule has 0 bridgehead atoms. The van der Waals surface area contributed by atoms with Gasteiger partial charge < -0.3 is 24.5 Å². The van der Waals surface area contributed by atoms with Crippen molar-refractivity contribution in [2.45, 2.75) is 13.0 Å². The Bertz CT molecular complexity index is 1210. The number of rotatable bonds is 4. The van der Waals surface area contributed by atoms with E-state index in [0.29, 0.717) is 35.4 Å². The molecule has 1 unspecified atom stereocenters. The number of nitrogens with one attached hydrogen (secondary N) is 1. The van der Waals surface area contributed by atoms with Crippen LogP contribution in [-0.4, -0.2) is 54.7 Å². The second-order valence-electron chi connectivity index (χ2n) is 7.20. The van der Waals surface area contributed by atoms with Crippen LogP contribution in [0.25, 0.3) is 22.1 Å². The largest absolute Gasteiger partial charge is 0.483 e.